The summed E-state index contributed by atoms with van der Waals surface area (Å²) in [7, 11) is 1.90. The first-order valence-corrected chi connectivity index (χ1v) is 6.24. The van der Waals surface area contributed by atoms with Gasteiger partial charge in [0.2, 0.25) is 0 Å². The fourth-order valence-corrected chi connectivity index (χ4v) is 2.42. The molecule has 0 unspecified atom stereocenters. The molecule has 0 atom stereocenters. The van der Waals surface area contributed by atoms with Gasteiger partial charge in [0, 0.05) is 18.0 Å². The Bertz CT molecular complexity index is 579. The van der Waals surface area contributed by atoms with E-state index in [1.807, 2.05) is 42.5 Å². The second kappa shape index (κ2) is 5.05. The molecule has 0 bridgehead atoms. The van der Waals surface area contributed by atoms with Crippen molar-refractivity contribution in [1.29, 1.82) is 0 Å². The molecule has 94 valence electrons. The van der Waals surface area contributed by atoms with Gasteiger partial charge in [0.1, 0.15) is 0 Å². The number of rotatable bonds is 3. The minimum atomic E-state index is 0.0886. The van der Waals surface area contributed by atoms with Crippen LogP contribution >= 0.6 is 11.3 Å². The summed E-state index contributed by atoms with van der Waals surface area (Å²) in [6.07, 6.45) is 0. The fourth-order valence-electron chi connectivity index (χ4n) is 1.64. The van der Waals surface area contributed by atoms with Gasteiger partial charge in [0.25, 0.3) is 0 Å². The number of benzene rings is 1. The highest BCUT2D eigenvalue weighted by molar-refractivity contribution is 7.13. The third-order valence-electron chi connectivity index (χ3n) is 2.54. The van der Waals surface area contributed by atoms with E-state index in [0.717, 1.165) is 16.5 Å². The number of oxime groups is 1. The lowest BCUT2D eigenvalue weighted by Crippen LogP contribution is -2.19. The van der Waals surface area contributed by atoms with Crippen molar-refractivity contribution in [3.63, 3.8) is 0 Å². The van der Waals surface area contributed by atoms with Gasteiger partial charge in [-0.05, 0) is 19.1 Å². The van der Waals surface area contributed by atoms with Crippen LogP contribution in [0.1, 0.15) is 11.3 Å². The van der Waals surface area contributed by atoms with Crippen molar-refractivity contribution < 1.29 is 5.21 Å². The molecule has 2 rings (SSSR count). The third kappa shape index (κ3) is 2.28. The average molecular weight is 262 g/mol. The predicted octanol–water partition coefficient (Wildman–Crippen LogP) is 2.31. The maximum atomic E-state index is 8.80. The van der Waals surface area contributed by atoms with Gasteiger partial charge in [0.05, 0.1) is 11.4 Å². The van der Waals surface area contributed by atoms with Crippen LogP contribution in [0.2, 0.25) is 0 Å². The van der Waals surface area contributed by atoms with Gasteiger partial charge >= 0.3 is 0 Å². The van der Waals surface area contributed by atoms with Crippen LogP contribution in [0, 0.1) is 6.92 Å². The van der Waals surface area contributed by atoms with Crippen molar-refractivity contribution in [3.05, 3.63) is 40.9 Å². The highest BCUT2D eigenvalue weighted by atomic mass is 32.1. The number of hydrogen-bond donors (Lipinski definition) is 2. The van der Waals surface area contributed by atoms with Gasteiger partial charge in [-0.3, -0.25) is 0 Å². The van der Waals surface area contributed by atoms with E-state index in [1.165, 1.54) is 0 Å². The normalized spacial score (nSPS) is 11.6. The van der Waals surface area contributed by atoms with E-state index in [2.05, 4.69) is 10.1 Å². The van der Waals surface area contributed by atoms with Crippen LogP contribution < -0.4 is 10.6 Å². The lowest BCUT2D eigenvalue weighted by atomic mass is 10.1. The first-order chi connectivity index (χ1) is 8.63. The fraction of sp³-hybridized carbons (Fsp3) is 0.167. The summed E-state index contributed by atoms with van der Waals surface area (Å²) in [5, 5.41) is 14.7. The van der Waals surface area contributed by atoms with Gasteiger partial charge in [-0.2, -0.15) is 0 Å². The van der Waals surface area contributed by atoms with Gasteiger partial charge in [-0.15, -0.1) is 11.3 Å². The largest absolute Gasteiger partial charge is 0.409 e. The molecule has 2 aromatic rings. The minimum Gasteiger partial charge on any atom is -0.409 e. The molecule has 0 radical (unpaired) electrons. The summed E-state index contributed by atoms with van der Waals surface area (Å²) >= 11 is 1.55. The summed E-state index contributed by atoms with van der Waals surface area (Å²) in [4.78, 5) is 6.34. The SMILES string of the molecule is Cc1csc(N(C)c2ccccc2C(N)=NO)n1. The summed E-state index contributed by atoms with van der Waals surface area (Å²) in [5.41, 5.74) is 8.17. The Kier molecular flexibility index (Phi) is 3.47. The van der Waals surface area contributed by atoms with Crippen LogP contribution in [0.3, 0.4) is 0 Å². The van der Waals surface area contributed by atoms with E-state index < -0.39 is 0 Å². The highest BCUT2D eigenvalue weighted by Gasteiger charge is 2.13. The molecule has 0 fully saturated rings. The number of aromatic nitrogens is 1. The molecule has 1 aromatic heterocycles. The van der Waals surface area contributed by atoms with Crippen molar-refractivity contribution in [1.82, 2.24) is 4.98 Å². The molecule has 0 amide bonds. The van der Waals surface area contributed by atoms with Gasteiger partial charge in [-0.25, -0.2) is 4.98 Å². The molecular formula is C12H14N4OS. The summed E-state index contributed by atoms with van der Waals surface area (Å²) in [6.45, 7) is 1.95. The van der Waals surface area contributed by atoms with Crippen molar-refractivity contribution in [3.8, 4) is 0 Å². The molecule has 0 aliphatic rings. The molecule has 0 aliphatic heterocycles. The average Bonchev–Trinajstić information content (AvgIpc) is 2.83. The Morgan fingerprint density at radius 2 is 2.17 bits per heavy atom. The van der Waals surface area contributed by atoms with E-state index in [-0.39, 0.29) is 5.84 Å². The van der Waals surface area contributed by atoms with Crippen molar-refractivity contribution in [2.75, 3.05) is 11.9 Å². The zero-order chi connectivity index (χ0) is 13.1. The zero-order valence-electron chi connectivity index (χ0n) is 10.2. The standard InChI is InChI=1S/C12H14N4OS/c1-8-7-18-12(14-8)16(2)10-6-4-3-5-9(10)11(13)15-17/h3-7,17H,1-2H3,(H2,13,15). The number of amidine groups is 1. The molecule has 1 aromatic carbocycles. The van der Waals surface area contributed by atoms with Gasteiger partial charge in [-0.1, -0.05) is 17.3 Å². The Balaban J connectivity index is 2.45. The molecule has 1 heterocycles. The number of aryl methyl sites for hydroxylation is 1. The van der Waals surface area contributed by atoms with Crippen molar-refractivity contribution >= 4 is 28.0 Å². The smallest absolute Gasteiger partial charge is 0.189 e. The monoisotopic (exact) mass is 262 g/mol. The molecular weight excluding hydrogens is 248 g/mol. The van der Waals surface area contributed by atoms with Crippen LogP contribution in [0.15, 0.2) is 34.8 Å². The van der Waals surface area contributed by atoms with Crippen LogP contribution in [0.4, 0.5) is 10.8 Å². The highest BCUT2D eigenvalue weighted by Crippen LogP contribution is 2.29. The first kappa shape index (κ1) is 12.4. The van der Waals surface area contributed by atoms with Crippen LogP contribution in [0.5, 0.6) is 0 Å². The number of nitrogens with zero attached hydrogens (tertiary/aromatic N) is 3. The molecule has 0 saturated heterocycles. The van der Waals surface area contributed by atoms with E-state index in [9.17, 15) is 0 Å². The first-order valence-electron chi connectivity index (χ1n) is 5.36. The molecule has 0 aliphatic carbocycles. The maximum absolute atomic E-state index is 8.80. The Hall–Kier alpha value is -2.08. The second-order valence-electron chi connectivity index (χ2n) is 3.83. The van der Waals surface area contributed by atoms with Crippen LogP contribution in [0.25, 0.3) is 0 Å². The molecule has 0 spiro atoms. The summed E-state index contributed by atoms with van der Waals surface area (Å²) in [6, 6.07) is 7.46. The van der Waals surface area contributed by atoms with E-state index >= 15 is 0 Å². The number of anilines is 2. The number of para-hydroxylation sites is 1. The van der Waals surface area contributed by atoms with Crippen molar-refractivity contribution in [2.24, 2.45) is 10.9 Å². The third-order valence-corrected chi connectivity index (χ3v) is 3.58. The molecule has 3 N–H and O–H groups in total. The molecule has 18 heavy (non-hydrogen) atoms. The van der Waals surface area contributed by atoms with E-state index in [0.29, 0.717) is 5.56 Å². The number of thiazole rings is 1. The lowest BCUT2D eigenvalue weighted by Gasteiger charge is -2.19. The molecule has 0 saturated carbocycles. The Morgan fingerprint density at radius 1 is 1.44 bits per heavy atom. The van der Waals surface area contributed by atoms with Gasteiger partial charge < -0.3 is 15.8 Å². The number of hydrogen-bond acceptors (Lipinski definition) is 5. The van der Waals surface area contributed by atoms with Gasteiger partial charge in [0.15, 0.2) is 11.0 Å². The van der Waals surface area contributed by atoms with E-state index in [1.54, 1.807) is 17.4 Å². The summed E-state index contributed by atoms with van der Waals surface area (Å²) in [5.74, 6) is 0.0886. The Morgan fingerprint density at radius 3 is 2.78 bits per heavy atom. The minimum absolute atomic E-state index is 0.0886. The van der Waals surface area contributed by atoms with Crippen molar-refractivity contribution in [2.45, 2.75) is 6.92 Å². The second-order valence-corrected chi connectivity index (χ2v) is 4.67. The molecule has 6 heteroatoms. The molecule has 5 nitrogen and oxygen atoms in total. The van der Waals surface area contributed by atoms with Crippen LogP contribution in [-0.2, 0) is 0 Å². The Labute approximate surface area is 109 Å². The number of nitrogens with two attached hydrogens (primary N) is 1. The topological polar surface area (TPSA) is 74.7 Å². The quantitative estimate of drug-likeness (QED) is 0.385. The van der Waals surface area contributed by atoms with Crippen LogP contribution in [-0.4, -0.2) is 23.1 Å². The summed E-state index contributed by atoms with van der Waals surface area (Å²) < 4.78 is 0. The maximum Gasteiger partial charge on any atom is 0.189 e. The zero-order valence-corrected chi connectivity index (χ0v) is 11.0. The lowest BCUT2D eigenvalue weighted by molar-refractivity contribution is 0.318. The predicted molar refractivity (Wildman–Crippen MR) is 73.9 cm³/mol. The van der Waals surface area contributed by atoms with E-state index in [4.69, 9.17) is 10.9 Å².